The third-order valence-electron chi connectivity index (χ3n) is 3.38. The largest absolute Gasteiger partial charge is 0.382 e. The molecule has 20 heavy (non-hydrogen) atoms. The van der Waals surface area contributed by atoms with Crippen LogP contribution in [0.4, 0.5) is 0 Å². The topological polar surface area (TPSA) is 46.0 Å². The van der Waals surface area contributed by atoms with Crippen LogP contribution >= 0.6 is 0 Å². The zero-order valence-corrected chi connectivity index (χ0v) is 11.5. The summed E-state index contributed by atoms with van der Waals surface area (Å²) in [5, 5.41) is 11.5. The summed E-state index contributed by atoms with van der Waals surface area (Å²) >= 11 is 0. The van der Waals surface area contributed by atoms with Gasteiger partial charge in [-0.3, -0.25) is 9.97 Å². The number of aliphatic hydroxyl groups excluding tert-OH is 1. The Balaban J connectivity index is 2.03. The van der Waals surface area contributed by atoms with Gasteiger partial charge in [0.1, 0.15) is 6.10 Å². The molecule has 0 aliphatic carbocycles. The molecule has 1 unspecified atom stereocenters. The number of hydrogen-bond donors (Lipinski definition) is 1. The first-order valence-electron chi connectivity index (χ1n) is 6.61. The molecule has 0 fully saturated rings. The summed E-state index contributed by atoms with van der Waals surface area (Å²) < 4.78 is 0. The number of pyridine rings is 2. The lowest BCUT2D eigenvalue weighted by molar-refractivity contribution is 0.215. The first kappa shape index (κ1) is 12.8. The molecule has 0 bridgehead atoms. The second kappa shape index (κ2) is 5.02. The molecule has 0 aliphatic heterocycles. The normalized spacial score (nSPS) is 12.6. The van der Waals surface area contributed by atoms with Crippen molar-refractivity contribution in [3.63, 3.8) is 0 Å². The second-order valence-corrected chi connectivity index (χ2v) is 5.07. The molecule has 0 spiro atoms. The lowest BCUT2D eigenvalue weighted by atomic mass is 10.0. The summed E-state index contributed by atoms with van der Waals surface area (Å²) in [7, 11) is 0. The summed E-state index contributed by atoms with van der Waals surface area (Å²) in [6.07, 6.45) is 1.01. The van der Waals surface area contributed by atoms with Crippen molar-refractivity contribution >= 4 is 10.9 Å². The number of aromatic nitrogens is 2. The van der Waals surface area contributed by atoms with Gasteiger partial charge in [-0.2, -0.15) is 0 Å². The maximum atomic E-state index is 10.4. The maximum Gasteiger partial charge on any atom is 0.121 e. The molecule has 0 radical (unpaired) electrons. The van der Waals surface area contributed by atoms with Crippen molar-refractivity contribution in [1.29, 1.82) is 0 Å². The van der Waals surface area contributed by atoms with Crippen molar-refractivity contribution in [2.75, 3.05) is 0 Å². The molecule has 1 atom stereocenters. The molecule has 1 N–H and O–H groups in total. The Morgan fingerprint density at radius 3 is 2.65 bits per heavy atom. The van der Waals surface area contributed by atoms with Crippen LogP contribution in [0.25, 0.3) is 10.9 Å². The van der Waals surface area contributed by atoms with Crippen LogP contribution < -0.4 is 0 Å². The summed E-state index contributed by atoms with van der Waals surface area (Å²) in [5.74, 6) is 0. The highest BCUT2D eigenvalue weighted by Gasteiger charge is 2.12. The van der Waals surface area contributed by atoms with Gasteiger partial charge in [-0.25, -0.2) is 0 Å². The van der Waals surface area contributed by atoms with E-state index >= 15 is 0 Å². The van der Waals surface area contributed by atoms with Crippen LogP contribution in [0.5, 0.6) is 0 Å². The van der Waals surface area contributed by atoms with Gasteiger partial charge in [0.15, 0.2) is 0 Å². The van der Waals surface area contributed by atoms with Gasteiger partial charge in [0.25, 0.3) is 0 Å². The molecule has 0 saturated carbocycles. The maximum absolute atomic E-state index is 10.4. The van der Waals surface area contributed by atoms with Crippen LogP contribution in [0.2, 0.25) is 0 Å². The summed E-state index contributed by atoms with van der Waals surface area (Å²) in [4.78, 5) is 8.71. The monoisotopic (exact) mass is 264 g/mol. The molecule has 2 heterocycles. The summed E-state index contributed by atoms with van der Waals surface area (Å²) in [5.41, 5.74) is 4.53. The van der Waals surface area contributed by atoms with Gasteiger partial charge in [-0.05, 0) is 55.3 Å². The van der Waals surface area contributed by atoms with Crippen molar-refractivity contribution in [2.45, 2.75) is 20.0 Å². The number of nitrogens with zero attached hydrogens (tertiary/aromatic N) is 2. The van der Waals surface area contributed by atoms with Crippen molar-refractivity contribution in [2.24, 2.45) is 0 Å². The Bertz CT molecular complexity index is 768. The smallest absolute Gasteiger partial charge is 0.121 e. The number of benzene rings is 1. The molecule has 2 aromatic heterocycles. The highest BCUT2D eigenvalue weighted by Crippen LogP contribution is 2.24. The van der Waals surface area contributed by atoms with E-state index in [1.807, 2.05) is 56.3 Å². The molecule has 1 aromatic carbocycles. The Morgan fingerprint density at radius 1 is 1.00 bits per heavy atom. The lowest BCUT2D eigenvalue weighted by Crippen LogP contribution is -2.02. The Hall–Kier alpha value is -2.26. The van der Waals surface area contributed by atoms with Crippen molar-refractivity contribution in [3.05, 3.63) is 71.2 Å². The fourth-order valence-electron chi connectivity index (χ4n) is 2.30. The number of aliphatic hydroxyl groups is 1. The number of aryl methyl sites for hydroxylation is 2. The van der Waals surface area contributed by atoms with Gasteiger partial charge < -0.3 is 5.11 Å². The zero-order valence-electron chi connectivity index (χ0n) is 11.5. The van der Waals surface area contributed by atoms with Gasteiger partial charge in [-0.1, -0.05) is 12.1 Å². The Kier molecular flexibility index (Phi) is 3.20. The lowest BCUT2D eigenvalue weighted by Gasteiger charge is -2.12. The fourth-order valence-corrected chi connectivity index (χ4v) is 2.30. The van der Waals surface area contributed by atoms with Crippen LogP contribution in [0.15, 0.2) is 48.7 Å². The molecule has 100 valence electrons. The quantitative estimate of drug-likeness (QED) is 0.772. The minimum atomic E-state index is -0.708. The Morgan fingerprint density at radius 2 is 1.85 bits per heavy atom. The number of hydrogen-bond acceptors (Lipinski definition) is 3. The molecule has 0 amide bonds. The first-order chi connectivity index (χ1) is 9.63. The predicted octanol–water partition coefficient (Wildman–Crippen LogP) is 3.33. The molecule has 0 aliphatic rings. The van der Waals surface area contributed by atoms with E-state index in [1.54, 1.807) is 6.20 Å². The van der Waals surface area contributed by atoms with Gasteiger partial charge >= 0.3 is 0 Å². The van der Waals surface area contributed by atoms with Gasteiger partial charge in [0, 0.05) is 17.3 Å². The van der Waals surface area contributed by atoms with E-state index in [4.69, 9.17) is 0 Å². The van der Waals surface area contributed by atoms with E-state index in [1.165, 1.54) is 0 Å². The van der Waals surface area contributed by atoms with Crippen LogP contribution in [-0.4, -0.2) is 15.1 Å². The van der Waals surface area contributed by atoms with Crippen LogP contribution in [0.3, 0.4) is 0 Å². The van der Waals surface area contributed by atoms with E-state index < -0.39 is 6.10 Å². The van der Waals surface area contributed by atoms with Crippen LogP contribution in [0.1, 0.15) is 28.6 Å². The van der Waals surface area contributed by atoms with E-state index in [9.17, 15) is 5.11 Å². The minimum absolute atomic E-state index is 0.671. The third-order valence-corrected chi connectivity index (χ3v) is 3.38. The van der Waals surface area contributed by atoms with E-state index in [0.717, 1.165) is 27.7 Å². The van der Waals surface area contributed by atoms with Crippen molar-refractivity contribution < 1.29 is 5.11 Å². The second-order valence-electron chi connectivity index (χ2n) is 5.07. The molecule has 3 nitrogen and oxygen atoms in total. The van der Waals surface area contributed by atoms with Crippen LogP contribution in [-0.2, 0) is 0 Å². The van der Waals surface area contributed by atoms with Crippen molar-refractivity contribution in [3.8, 4) is 0 Å². The number of rotatable bonds is 2. The molecule has 3 rings (SSSR count). The predicted molar refractivity (Wildman–Crippen MR) is 79.5 cm³/mol. The van der Waals surface area contributed by atoms with E-state index in [0.29, 0.717) is 5.69 Å². The SMILES string of the molecule is Cc1ccnc(C(O)c2ccc3nc(C)ccc3c2)c1. The van der Waals surface area contributed by atoms with Crippen LogP contribution in [0, 0.1) is 13.8 Å². The molecule has 3 aromatic rings. The Labute approximate surface area is 117 Å². The van der Waals surface area contributed by atoms with Gasteiger partial charge in [0.2, 0.25) is 0 Å². The molecular formula is C17H16N2O. The highest BCUT2D eigenvalue weighted by atomic mass is 16.3. The minimum Gasteiger partial charge on any atom is -0.382 e. The van der Waals surface area contributed by atoms with Gasteiger partial charge in [-0.15, -0.1) is 0 Å². The molecule has 3 heteroatoms. The zero-order chi connectivity index (χ0) is 14.1. The number of fused-ring (bicyclic) bond motifs is 1. The standard InChI is InChI=1S/C17H16N2O/c1-11-7-8-18-16(9-11)17(20)14-5-6-15-13(10-14)4-3-12(2)19-15/h3-10,17,20H,1-2H3. The fraction of sp³-hybridized carbons (Fsp3) is 0.176. The third kappa shape index (κ3) is 2.40. The highest BCUT2D eigenvalue weighted by molar-refractivity contribution is 5.79. The average Bonchev–Trinajstić information content (AvgIpc) is 2.46. The van der Waals surface area contributed by atoms with E-state index in [2.05, 4.69) is 9.97 Å². The molecule has 0 saturated heterocycles. The average molecular weight is 264 g/mol. The van der Waals surface area contributed by atoms with Crippen molar-refractivity contribution in [1.82, 2.24) is 9.97 Å². The molecular weight excluding hydrogens is 248 g/mol. The van der Waals surface area contributed by atoms with Gasteiger partial charge in [0.05, 0.1) is 11.2 Å². The summed E-state index contributed by atoms with van der Waals surface area (Å²) in [6.45, 7) is 3.96. The summed E-state index contributed by atoms with van der Waals surface area (Å²) in [6, 6.07) is 13.6. The van der Waals surface area contributed by atoms with E-state index in [-0.39, 0.29) is 0 Å². The first-order valence-corrected chi connectivity index (χ1v) is 6.61.